The Bertz CT molecular complexity index is 654. The molecule has 0 aromatic heterocycles. The van der Waals surface area contributed by atoms with Crippen LogP contribution >= 0.6 is 0 Å². The number of carbonyl (C=O) groups is 1. The van der Waals surface area contributed by atoms with Crippen LogP contribution in [-0.2, 0) is 9.53 Å². The zero-order chi connectivity index (χ0) is 16.7. The summed E-state index contributed by atoms with van der Waals surface area (Å²) in [4.78, 5) is 12.2. The predicted molar refractivity (Wildman–Crippen MR) is 93.0 cm³/mol. The summed E-state index contributed by atoms with van der Waals surface area (Å²) in [5, 5.41) is 5.19. The number of hydrogen-bond donors (Lipinski definition) is 1. The van der Waals surface area contributed by atoms with E-state index in [2.05, 4.69) is 11.4 Å². The van der Waals surface area contributed by atoms with Gasteiger partial charge < -0.3 is 14.8 Å². The van der Waals surface area contributed by atoms with Crippen molar-refractivity contribution in [3.8, 4) is 5.75 Å². The van der Waals surface area contributed by atoms with Gasteiger partial charge in [-0.2, -0.15) is 0 Å². The van der Waals surface area contributed by atoms with E-state index in [1.54, 1.807) is 7.11 Å². The van der Waals surface area contributed by atoms with Crippen molar-refractivity contribution in [2.75, 3.05) is 26.9 Å². The van der Waals surface area contributed by atoms with Gasteiger partial charge in [-0.25, -0.2) is 0 Å². The molecule has 23 heavy (non-hydrogen) atoms. The summed E-state index contributed by atoms with van der Waals surface area (Å²) in [6, 6.07) is 12.1. The molecule has 4 nitrogen and oxygen atoms in total. The molecular formula is C19H25NO3. The molecule has 0 spiro atoms. The minimum atomic E-state index is -0.173. The minimum Gasteiger partial charge on any atom is -0.497 e. The molecule has 1 N–H and O–H groups in total. The first-order valence-corrected chi connectivity index (χ1v) is 8.09. The van der Waals surface area contributed by atoms with Crippen LogP contribution in [0.3, 0.4) is 0 Å². The number of nitrogens with one attached hydrogen (secondary N) is 1. The van der Waals surface area contributed by atoms with Crippen LogP contribution in [0, 0.1) is 0 Å². The Morgan fingerprint density at radius 2 is 1.91 bits per heavy atom. The van der Waals surface area contributed by atoms with Crippen LogP contribution in [0.1, 0.15) is 31.7 Å². The number of ether oxygens (including phenoxy) is 2. The van der Waals surface area contributed by atoms with Crippen molar-refractivity contribution in [2.45, 2.75) is 26.2 Å². The van der Waals surface area contributed by atoms with E-state index in [4.69, 9.17) is 9.47 Å². The quantitative estimate of drug-likeness (QED) is 0.759. The second kappa shape index (κ2) is 8.53. The number of carbonyl (C=O) groups excluding carboxylic acids is 1. The van der Waals surface area contributed by atoms with Gasteiger partial charge in [0.15, 0.2) is 0 Å². The van der Waals surface area contributed by atoms with Crippen molar-refractivity contribution in [3.05, 3.63) is 42.0 Å². The van der Waals surface area contributed by atoms with E-state index in [0.29, 0.717) is 19.8 Å². The highest BCUT2D eigenvalue weighted by atomic mass is 16.5. The summed E-state index contributed by atoms with van der Waals surface area (Å²) in [5.41, 5.74) is 1.02. The number of benzene rings is 2. The number of fused-ring (bicyclic) bond motifs is 1. The van der Waals surface area contributed by atoms with E-state index in [1.807, 2.05) is 44.2 Å². The van der Waals surface area contributed by atoms with Gasteiger partial charge in [-0.3, -0.25) is 4.79 Å². The monoisotopic (exact) mass is 315 g/mol. The van der Waals surface area contributed by atoms with Crippen molar-refractivity contribution < 1.29 is 14.3 Å². The van der Waals surface area contributed by atoms with Crippen molar-refractivity contribution in [1.82, 2.24) is 5.32 Å². The molecule has 0 aliphatic carbocycles. The number of amides is 1. The maximum Gasteiger partial charge on any atom is 0.227 e. The lowest BCUT2D eigenvalue weighted by Crippen LogP contribution is -2.29. The normalized spacial score (nSPS) is 12.1. The molecule has 0 aliphatic rings. The maximum absolute atomic E-state index is 12.2. The first-order chi connectivity index (χ1) is 11.2. The maximum atomic E-state index is 12.2. The Morgan fingerprint density at radius 1 is 1.17 bits per heavy atom. The predicted octanol–water partition coefficient (Wildman–Crippen LogP) is 3.49. The van der Waals surface area contributed by atoms with E-state index in [1.165, 1.54) is 0 Å². The van der Waals surface area contributed by atoms with Crippen molar-refractivity contribution in [2.24, 2.45) is 0 Å². The average molecular weight is 315 g/mol. The van der Waals surface area contributed by atoms with Crippen LogP contribution in [0.15, 0.2) is 36.4 Å². The minimum absolute atomic E-state index is 0.0503. The first-order valence-electron chi connectivity index (χ1n) is 8.09. The lowest BCUT2D eigenvalue weighted by molar-refractivity contribution is -0.122. The van der Waals surface area contributed by atoms with Crippen LogP contribution in [0.25, 0.3) is 10.8 Å². The Labute approximate surface area is 137 Å². The molecule has 0 unspecified atom stereocenters. The Kier molecular flexibility index (Phi) is 6.41. The largest absolute Gasteiger partial charge is 0.497 e. The highest BCUT2D eigenvalue weighted by Crippen LogP contribution is 2.25. The number of rotatable bonds is 8. The zero-order valence-electron chi connectivity index (χ0n) is 14.1. The van der Waals surface area contributed by atoms with Crippen LogP contribution in [0.2, 0.25) is 0 Å². The zero-order valence-corrected chi connectivity index (χ0v) is 14.1. The van der Waals surface area contributed by atoms with Gasteiger partial charge in [0.1, 0.15) is 5.75 Å². The molecule has 0 aliphatic heterocycles. The lowest BCUT2D eigenvalue weighted by Gasteiger charge is -2.13. The van der Waals surface area contributed by atoms with E-state index in [9.17, 15) is 4.79 Å². The molecule has 0 saturated carbocycles. The standard InChI is InChI=1S/C19H25NO3/c1-4-23-11-5-10-20-19(21)14(2)15-6-7-17-13-18(22-3)9-8-16(17)12-15/h6-9,12-14H,4-5,10-11H2,1-3H3,(H,20,21)/t14-/m1/s1. The van der Waals surface area contributed by atoms with Gasteiger partial charge >= 0.3 is 0 Å². The second-order valence-electron chi connectivity index (χ2n) is 5.54. The van der Waals surface area contributed by atoms with Crippen LogP contribution in [0.4, 0.5) is 0 Å². The van der Waals surface area contributed by atoms with Gasteiger partial charge in [-0.1, -0.05) is 24.3 Å². The molecular weight excluding hydrogens is 290 g/mol. The fourth-order valence-electron chi connectivity index (χ4n) is 2.47. The Hall–Kier alpha value is -2.07. The summed E-state index contributed by atoms with van der Waals surface area (Å²) < 4.78 is 10.5. The summed E-state index contributed by atoms with van der Waals surface area (Å²) in [7, 11) is 1.66. The van der Waals surface area contributed by atoms with E-state index < -0.39 is 0 Å². The van der Waals surface area contributed by atoms with E-state index >= 15 is 0 Å². The third kappa shape index (κ3) is 4.70. The van der Waals surface area contributed by atoms with Crippen LogP contribution in [0.5, 0.6) is 5.75 Å². The fraction of sp³-hybridized carbons (Fsp3) is 0.421. The van der Waals surface area contributed by atoms with Gasteiger partial charge in [-0.15, -0.1) is 0 Å². The Morgan fingerprint density at radius 3 is 2.65 bits per heavy atom. The van der Waals surface area contributed by atoms with Crippen molar-refractivity contribution in [3.63, 3.8) is 0 Å². The van der Waals surface area contributed by atoms with Crippen LogP contribution in [-0.4, -0.2) is 32.8 Å². The molecule has 0 fully saturated rings. The smallest absolute Gasteiger partial charge is 0.227 e. The van der Waals surface area contributed by atoms with Crippen molar-refractivity contribution in [1.29, 1.82) is 0 Å². The fourth-order valence-corrected chi connectivity index (χ4v) is 2.47. The molecule has 0 heterocycles. The van der Waals surface area contributed by atoms with E-state index in [0.717, 1.165) is 28.5 Å². The highest BCUT2D eigenvalue weighted by molar-refractivity contribution is 5.88. The van der Waals surface area contributed by atoms with Gasteiger partial charge in [0.2, 0.25) is 5.91 Å². The SMILES string of the molecule is CCOCCCNC(=O)[C@H](C)c1ccc2cc(OC)ccc2c1. The van der Waals surface area contributed by atoms with Crippen molar-refractivity contribution >= 4 is 16.7 Å². The molecule has 0 radical (unpaired) electrons. The molecule has 1 atom stereocenters. The summed E-state index contributed by atoms with van der Waals surface area (Å²) in [5.74, 6) is 0.716. The molecule has 0 bridgehead atoms. The first kappa shape index (κ1) is 17.3. The summed E-state index contributed by atoms with van der Waals surface area (Å²) in [6.45, 7) is 5.95. The summed E-state index contributed by atoms with van der Waals surface area (Å²) >= 11 is 0. The molecule has 124 valence electrons. The average Bonchev–Trinajstić information content (AvgIpc) is 2.59. The third-order valence-corrected chi connectivity index (χ3v) is 3.93. The van der Waals surface area contributed by atoms with E-state index in [-0.39, 0.29) is 11.8 Å². The third-order valence-electron chi connectivity index (χ3n) is 3.93. The lowest BCUT2D eigenvalue weighted by atomic mass is 9.97. The highest BCUT2D eigenvalue weighted by Gasteiger charge is 2.15. The Balaban J connectivity index is 1.99. The topological polar surface area (TPSA) is 47.6 Å². The second-order valence-corrected chi connectivity index (χ2v) is 5.54. The van der Waals surface area contributed by atoms with Gasteiger partial charge in [0.25, 0.3) is 0 Å². The molecule has 1 amide bonds. The molecule has 0 saturated heterocycles. The number of methoxy groups -OCH3 is 1. The van der Waals surface area contributed by atoms with Gasteiger partial charge in [0.05, 0.1) is 13.0 Å². The molecule has 2 aromatic rings. The molecule has 4 heteroatoms. The molecule has 2 aromatic carbocycles. The van der Waals surface area contributed by atoms with Crippen LogP contribution < -0.4 is 10.1 Å². The van der Waals surface area contributed by atoms with Gasteiger partial charge in [0, 0.05) is 19.8 Å². The molecule has 2 rings (SSSR count). The number of hydrogen-bond acceptors (Lipinski definition) is 3. The summed E-state index contributed by atoms with van der Waals surface area (Å²) in [6.07, 6.45) is 0.837. The van der Waals surface area contributed by atoms with Gasteiger partial charge in [-0.05, 0) is 48.7 Å².